The molecule has 1 aliphatic heterocycles. The molecule has 5 rings (SSSR count). The third-order valence-electron chi connectivity index (χ3n) is 6.82. The van der Waals surface area contributed by atoms with Crippen LogP contribution in [0, 0.1) is 0 Å². The predicted molar refractivity (Wildman–Crippen MR) is 153 cm³/mol. The van der Waals surface area contributed by atoms with Gasteiger partial charge in [-0.3, -0.25) is 23.5 Å². The number of carbonyl (C=O) groups excluding carboxylic acids is 2. The molecule has 14 heteroatoms. The Kier molecular flexibility index (Phi) is 8.85. The highest BCUT2D eigenvalue weighted by atomic mass is 32.1. The molecule has 43 heavy (non-hydrogen) atoms. The first-order chi connectivity index (χ1) is 20.6. The number of nitrogens with one attached hydrogen (secondary N) is 2. The Bertz CT molecular complexity index is 1780. The van der Waals surface area contributed by atoms with Gasteiger partial charge in [-0.25, -0.2) is 4.79 Å². The first-order valence-electron chi connectivity index (χ1n) is 13.4. The van der Waals surface area contributed by atoms with E-state index in [2.05, 4.69) is 10.6 Å². The van der Waals surface area contributed by atoms with Crippen LogP contribution in [0.1, 0.15) is 36.8 Å². The second-order valence-electron chi connectivity index (χ2n) is 9.86. The fourth-order valence-electron chi connectivity index (χ4n) is 4.67. The highest BCUT2D eigenvalue weighted by Crippen LogP contribution is 2.32. The van der Waals surface area contributed by atoms with Crippen molar-refractivity contribution in [1.82, 2.24) is 14.5 Å². The van der Waals surface area contributed by atoms with Gasteiger partial charge in [-0.15, -0.1) is 11.3 Å². The molecular weight excluding hydrogens is 589 g/mol. The molecule has 2 aromatic heterocycles. The van der Waals surface area contributed by atoms with Crippen LogP contribution < -0.4 is 31.4 Å². The van der Waals surface area contributed by atoms with E-state index in [0.29, 0.717) is 37.3 Å². The van der Waals surface area contributed by atoms with E-state index in [4.69, 9.17) is 9.47 Å². The van der Waals surface area contributed by atoms with Crippen LogP contribution in [0.4, 0.5) is 18.9 Å². The van der Waals surface area contributed by atoms with Crippen LogP contribution >= 0.6 is 11.3 Å². The van der Waals surface area contributed by atoms with Gasteiger partial charge < -0.3 is 20.1 Å². The lowest BCUT2D eigenvalue weighted by Crippen LogP contribution is -2.41. The topological polar surface area (TPSA) is 121 Å². The molecular formula is C29H27F3N4O6S. The van der Waals surface area contributed by atoms with E-state index in [1.165, 1.54) is 12.1 Å². The number of benzene rings is 2. The molecule has 2 N–H and O–H groups in total. The number of halogens is 3. The average molecular weight is 617 g/mol. The molecule has 10 nitrogen and oxygen atoms in total. The molecule has 0 unspecified atom stereocenters. The van der Waals surface area contributed by atoms with Crippen molar-refractivity contribution in [2.24, 2.45) is 0 Å². The minimum absolute atomic E-state index is 0.0670. The van der Waals surface area contributed by atoms with Gasteiger partial charge in [0.05, 0.1) is 11.1 Å². The van der Waals surface area contributed by atoms with Gasteiger partial charge >= 0.3 is 11.9 Å². The van der Waals surface area contributed by atoms with E-state index in [0.717, 1.165) is 38.2 Å². The highest BCUT2D eigenvalue weighted by molar-refractivity contribution is 7.17. The summed E-state index contributed by atoms with van der Waals surface area (Å²) < 4.78 is 52.2. The number of carbonyl (C=O) groups is 2. The van der Waals surface area contributed by atoms with Crippen LogP contribution in [0.2, 0.25) is 0 Å². The third-order valence-corrected chi connectivity index (χ3v) is 7.72. The summed E-state index contributed by atoms with van der Waals surface area (Å²) in [5.41, 5.74) is -1.01. The maximum atomic E-state index is 13.3. The zero-order chi connectivity index (χ0) is 30.6. The number of unbranched alkanes of at least 4 members (excludes halogenated alkanes) is 2. The number of hydrogen-bond acceptors (Lipinski definition) is 7. The Balaban J connectivity index is 1.16. The highest BCUT2D eigenvalue weighted by Gasteiger charge is 2.30. The number of amides is 2. The first kappa shape index (κ1) is 29.9. The molecule has 0 saturated heterocycles. The van der Waals surface area contributed by atoms with Crippen LogP contribution in [0.25, 0.3) is 10.2 Å². The minimum Gasteiger partial charge on any atom is -0.454 e. The van der Waals surface area contributed by atoms with Crippen molar-refractivity contribution in [3.8, 4) is 11.5 Å². The van der Waals surface area contributed by atoms with Crippen LogP contribution in [0.3, 0.4) is 0 Å². The zero-order valence-electron chi connectivity index (χ0n) is 22.7. The molecule has 226 valence electrons. The number of alkyl halides is 3. The lowest BCUT2D eigenvalue weighted by molar-refractivity contribution is -0.137. The van der Waals surface area contributed by atoms with Gasteiger partial charge in [-0.2, -0.15) is 13.2 Å². The number of nitrogens with zero attached hydrogens (tertiary/aromatic N) is 2. The fourth-order valence-corrected chi connectivity index (χ4v) is 5.52. The second kappa shape index (κ2) is 12.7. The van der Waals surface area contributed by atoms with Gasteiger partial charge in [0.1, 0.15) is 11.2 Å². The Hall–Kier alpha value is -4.59. The lowest BCUT2D eigenvalue weighted by atomic mass is 10.1. The number of anilines is 1. The molecule has 0 fully saturated rings. The summed E-state index contributed by atoms with van der Waals surface area (Å²) in [5, 5.41) is 6.87. The van der Waals surface area contributed by atoms with E-state index in [1.807, 2.05) is 12.1 Å². The predicted octanol–water partition coefficient (Wildman–Crippen LogP) is 4.49. The van der Waals surface area contributed by atoms with Crippen molar-refractivity contribution < 1.29 is 32.2 Å². The van der Waals surface area contributed by atoms with Crippen LogP contribution in [0.5, 0.6) is 11.5 Å². The maximum absolute atomic E-state index is 13.3. The summed E-state index contributed by atoms with van der Waals surface area (Å²) in [5.74, 6) is 0.450. The lowest BCUT2D eigenvalue weighted by Gasteiger charge is -2.13. The Morgan fingerprint density at radius 3 is 2.56 bits per heavy atom. The summed E-state index contributed by atoms with van der Waals surface area (Å²) in [7, 11) is 0. The smallest absolute Gasteiger partial charge is 0.416 e. The van der Waals surface area contributed by atoms with E-state index in [-0.39, 0.29) is 41.6 Å². The molecule has 0 atom stereocenters. The fraction of sp³-hybridized carbons (Fsp3) is 0.310. The monoisotopic (exact) mass is 616 g/mol. The number of hydrogen-bond donors (Lipinski definition) is 2. The van der Waals surface area contributed by atoms with Gasteiger partial charge in [0.25, 0.3) is 5.56 Å². The Morgan fingerprint density at radius 2 is 1.74 bits per heavy atom. The second-order valence-corrected chi connectivity index (χ2v) is 10.8. The standard InChI is InChI=1S/C29H27F3N4O6S/c30-29(31,32)19-5-4-6-20(14-19)34-25(38)16-36-21-10-12-43-26(21)27(39)35(28(36)40)11-3-1-2-7-24(37)33-15-18-8-9-22-23(13-18)42-17-41-22/h4-6,8-10,12-14H,1-3,7,11,15-17H2,(H,33,37)(H,34,38). The third kappa shape index (κ3) is 7.08. The molecule has 3 heterocycles. The van der Waals surface area contributed by atoms with Gasteiger partial charge in [-0.1, -0.05) is 18.6 Å². The Morgan fingerprint density at radius 1 is 0.930 bits per heavy atom. The summed E-state index contributed by atoms with van der Waals surface area (Å²) >= 11 is 1.13. The van der Waals surface area contributed by atoms with Crippen LogP contribution in [-0.4, -0.2) is 27.7 Å². The number of aromatic nitrogens is 2. The minimum atomic E-state index is -4.58. The maximum Gasteiger partial charge on any atom is 0.416 e. The van der Waals surface area contributed by atoms with E-state index in [1.54, 1.807) is 17.5 Å². The van der Waals surface area contributed by atoms with Gasteiger partial charge in [-0.05, 0) is 60.2 Å². The van der Waals surface area contributed by atoms with E-state index in [9.17, 15) is 32.3 Å². The van der Waals surface area contributed by atoms with Crippen LogP contribution in [0.15, 0.2) is 63.5 Å². The summed E-state index contributed by atoms with van der Waals surface area (Å²) in [4.78, 5) is 51.3. The largest absolute Gasteiger partial charge is 0.454 e. The summed E-state index contributed by atoms with van der Waals surface area (Å²) in [6.45, 7) is 0.100. The Labute approximate surface area is 246 Å². The molecule has 0 radical (unpaired) electrons. The normalized spacial score (nSPS) is 12.4. The molecule has 0 bridgehead atoms. The van der Waals surface area contributed by atoms with E-state index >= 15 is 0 Å². The van der Waals surface area contributed by atoms with Gasteiger partial charge in [0, 0.05) is 25.2 Å². The summed E-state index contributed by atoms with van der Waals surface area (Å²) in [6.07, 6.45) is -2.76. The van der Waals surface area contributed by atoms with Crippen molar-refractivity contribution in [1.29, 1.82) is 0 Å². The molecule has 2 amide bonds. The van der Waals surface area contributed by atoms with Crippen LogP contribution in [-0.2, 0) is 35.4 Å². The average Bonchev–Trinajstić information content (AvgIpc) is 3.65. The molecule has 0 aliphatic carbocycles. The molecule has 0 spiro atoms. The quantitative estimate of drug-likeness (QED) is 0.240. The van der Waals surface area contributed by atoms with Crippen molar-refractivity contribution in [2.45, 2.75) is 51.5 Å². The number of thiophene rings is 1. The van der Waals surface area contributed by atoms with Crippen molar-refractivity contribution in [3.63, 3.8) is 0 Å². The van der Waals surface area contributed by atoms with Gasteiger partial charge in [0.15, 0.2) is 11.5 Å². The SMILES string of the molecule is O=C(CCCCCn1c(=O)c2sccc2n(CC(=O)Nc2cccc(C(F)(F)F)c2)c1=O)NCc1ccc2c(c1)OCO2. The molecule has 0 saturated carbocycles. The van der Waals surface area contributed by atoms with Gasteiger partial charge in [0.2, 0.25) is 18.6 Å². The van der Waals surface area contributed by atoms with Crippen molar-refractivity contribution in [3.05, 3.63) is 85.9 Å². The summed E-state index contributed by atoms with van der Waals surface area (Å²) in [6, 6.07) is 11.2. The van der Waals surface area contributed by atoms with E-state index < -0.39 is 35.4 Å². The number of fused-ring (bicyclic) bond motifs is 2. The first-order valence-corrected chi connectivity index (χ1v) is 14.3. The van der Waals surface area contributed by atoms with Crippen molar-refractivity contribution >= 4 is 39.1 Å². The molecule has 1 aliphatic rings. The number of ether oxygens (including phenoxy) is 2. The number of rotatable bonds is 11. The zero-order valence-corrected chi connectivity index (χ0v) is 23.6. The molecule has 4 aromatic rings. The molecule has 2 aromatic carbocycles. The van der Waals surface area contributed by atoms with Crippen molar-refractivity contribution in [2.75, 3.05) is 12.1 Å².